The maximum absolute atomic E-state index is 6.12. The Bertz CT molecular complexity index is 929. The monoisotopic (exact) mass is 405 g/mol. The van der Waals surface area contributed by atoms with Crippen LogP contribution in [0.1, 0.15) is 11.1 Å². The Labute approximate surface area is 178 Å². The Balaban J connectivity index is 1.35. The zero-order valence-corrected chi connectivity index (χ0v) is 17.9. The normalized spacial score (nSPS) is 15.3. The molecule has 0 aliphatic carbocycles. The first kappa shape index (κ1) is 20.4. The van der Waals surface area contributed by atoms with Crippen molar-refractivity contribution in [1.82, 2.24) is 20.0 Å². The second kappa shape index (κ2) is 9.78. The molecule has 0 spiro atoms. The summed E-state index contributed by atoms with van der Waals surface area (Å²) in [7, 11) is 2.18. The highest BCUT2D eigenvalue weighted by atomic mass is 16.5. The van der Waals surface area contributed by atoms with Crippen molar-refractivity contribution in [2.75, 3.05) is 51.7 Å². The van der Waals surface area contributed by atoms with E-state index in [-0.39, 0.29) is 0 Å². The molecule has 0 radical (unpaired) electrons. The van der Waals surface area contributed by atoms with Gasteiger partial charge in [0.15, 0.2) is 0 Å². The number of aromatic amines is 1. The van der Waals surface area contributed by atoms with Crippen LogP contribution in [0, 0.1) is 6.92 Å². The Hall–Kier alpha value is -2.83. The molecule has 30 heavy (non-hydrogen) atoms. The quantitative estimate of drug-likeness (QED) is 0.599. The first-order valence-corrected chi connectivity index (χ1v) is 10.6. The van der Waals surface area contributed by atoms with Crippen molar-refractivity contribution in [1.29, 1.82) is 0 Å². The van der Waals surface area contributed by atoms with Crippen LogP contribution in [0.5, 0.6) is 5.75 Å². The molecule has 0 bridgehead atoms. The molecule has 2 N–H and O–H groups in total. The molecule has 1 aliphatic rings. The van der Waals surface area contributed by atoms with Crippen LogP contribution in [-0.2, 0) is 6.54 Å². The molecular formula is C24H31N5O. The number of para-hydroxylation sites is 2. The summed E-state index contributed by atoms with van der Waals surface area (Å²) in [6.07, 6.45) is 1.89. The SMILES string of the molecule is Cc1ccc(-c2[nH]ncc2CNc2ccccc2OCCN2CCN(C)CC2)cc1. The van der Waals surface area contributed by atoms with Gasteiger partial charge in [-0.25, -0.2) is 0 Å². The van der Waals surface area contributed by atoms with Crippen molar-refractivity contribution < 1.29 is 4.74 Å². The summed E-state index contributed by atoms with van der Waals surface area (Å²) < 4.78 is 6.12. The Kier molecular flexibility index (Phi) is 6.67. The lowest BCUT2D eigenvalue weighted by Gasteiger charge is -2.32. The van der Waals surface area contributed by atoms with Crippen molar-refractivity contribution in [3.8, 4) is 17.0 Å². The molecule has 1 aromatic heterocycles. The number of nitrogens with one attached hydrogen (secondary N) is 2. The van der Waals surface area contributed by atoms with Crippen LogP contribution < -0.4 is 10.1 Å². The lowest BCUT2D eigenvalue weighted by molar-refractivity contribution is 0.134. The van der Waals surface area contributed by atoms with Gasteiger partial charge in [-0.1, -0.05) is 42.0 Å². The average molecular weight is 406 g/mol. The fourth-order valence-electron chi connectivity index (χ4n) is 3.70. The molecule has 1 fully saturated rings. The topological polar surface area (TPSA) is 56.4 Å². The number of hydrogen-bond donors (Lipinski definition) is 2. The summed E-state index contributed by atoms with van der Waals surface area (Å²) in [4.78, 5) is 4.84. The lowest BCUT2D eigenvalue weighted by atomic mass is 10.1. The van der Waals surface area contributed by atoms with Gasteiger partial charge in [0.1, 0.15) is 12.4 Å². The van der Waals surface area contributed by atoms with Crippen molar-refractivity contribution in [3.05, 3.63) is 65.9 Å². The van der Waals surface area contributed by atoms with Crippen molar-refractivity contribution in [2.24, 2.45) is 0 Å². The molecule has 3 aromatic rings. The number of aromatic nitrogens is 2. The average Bonchev–Trinajstić information content (AvgIpc) is 3.23. The molecule has 0 unspecified atom stereocenters. The minimum absolute atomic E-state index is 0.679. The number of ether oxygens (including phenoxy) is 1. The van der Waals surface area contributed by atoms with Gasteiger partial charge in [-0.2, -0.15) is 5.10 Å². The summed E-state index contributed by atoms with van der Waals surface area (Å²) in [6, 6.07) is 16.6. The zero-order chi connectivity index (χ0) is 20.8. The number of aryl methyl sites for hydroxylation is 1. The van der Waals surface area contributed by atoms with Crippen LogP contribution in [0.15, 0.2) is 54.7 Å². The molecule has 6 heteroatoms. The van der Waals surface area contributed by atoms with Crippen LogP contribution in [0.25, 0.3) is 11.3 Å². The van der Waals surface area contributed by atoms with E-state index < -0.39 is 0 Å². The third kappa shape index (κ3) is 5.20. The second-order valence-corrected chi connectivity index (χ2v) is 7.98. The molecule has 6 nitrogen and oxygen atoms in total. The van der Waals surface area contributed by atoms with Crippen molar-refractivity contribution in [2.45, 2.75) is 13.5 Å². The number of hydrogen-bond acceptors (Lipinski definition) is 5. The predicted octanol–water partition coefficient (Wildman–Crippen LogP) is 3.62. The number of benzene rings is 2. The fourth-order valence-corrected chi connectivity index (χ4v) is 3.70. The minimum atomic E-state index is 0.679. The van der Waals surface area contributed by atoms with Crippen molar-refractivity contribution >= 4 is 5.69 Å². The van der Waals surface area contributed by atoms with Gasteiger partial charge in [0.25, 0.3) is 0 Å². The van der Waals surface area contributed by atoms with Gasteiger partial charge >= 0.3 is 0 Å². The summed E-state index contributed by atoms with van der Waals surface area (Å²) in [5.41, 5.74) is 5.58. The summed E-state index contributed by atoms with van der Waals surface area (Å²) in [5.74, 6) is 0.895. The van der Waals surface area contributed by atoms with Gasteiger partial charge < -0.3 is 15.0 Å². The Morgan fingerprint density at radius 1 is 1.03 bits per heavy atom. The highest BCUT2D eigenvalue weighted by Crippen LogP contribution is 2.26. The largest absolute Gasteiger partial charge is 0.490 e. The summed E-state index contributed by atoms with van der Waals surface area (Å²) in [6.45, 7) is 8.92. The lowest BCUT2D eigenvalue weighted by Crippen LogP contribution is -2.45. The fraction of sp³-hybridized carbons (Fsp3) is 0.375. The van der Waals surface area contributed by atoms with E-state index in [4.69, 9.17) is 4.74 Å². The van der Waals surface area contributed by atoms with Crippen LogP contribution >= 0.6 is 0 Å². The Morgan fingerprint density at radius 2 is 1.80 bits per heavy atom. The standard InChI is InChI=1S/C24H31N5O/c1-19-7-9-20(10-8-19)24-21(18-26-27-24)17-25-22-5-3-4-6-23(22)30-16-15-29-13-11-28(2)12-14-29/h3-10,18,25H,11-17H2,1-2H3,(H,26,27). The van der Waals surface area contributed by atoms with Crippen LogP contribution in [-0.4, -0.2) is 66.4 Å². The van der Waals surface area contributed by atoms with Crippen molar-refractivity contribution in [3.63, 3.8) is 0 Å². The molecule has 2 aromatic carbocycles. The van der Waals surface area contributed by atoms with E-state index in [2.05, 4.69) is 69.6 Å². The number of rotatable bonds is 8. The van der Waals surface area contributed by atoms with Crippen LogP contribution in [0.2, 0.25) is 0 Å². The number of piperazine rings is 1. The van der Waals surface area contributed by atoms with Gasteiger partial charge in [0.2, 0.25) is 0 Å². The predicted molar refractivity (Wildman–Crippen MR) is 122 cm³/mol. The molecule has 1 aliphatic heterocycles. The van der Waals surface area contributed by atoms with E-state index in [1.807, 2.05) is 24.4 Å². The van der Waals surface area contributed by atoms with E-state index in [0.29, 0.717) is 13.2 Å². The van der Waals surface area contributed by atoms with Gasteiger partial charge in [-0.15, -0.1) is 0 Å². The molecule has 0 atom stereocenters. The third-order valence-corrected chi connectivity index (χ3v) is 5.68. The number of likely N-dealkylation sites (N-methyl/N-ethyl adjacent to an activating group) is 1. The van der Waals surface area contributed by atoms with E-state index in [9.17, 15) is 0 Å². The van der Waals surface area contributed by atoms with Crippen LogP contribution in [0.4, 0.5) is 5.69 Å². The van der Waals surface area contributed by atoms with Gasteiger partial charge in [0.05, 0.1) is 17.6 Å². The van der Waals surface area contributed by atoms with E-state index >= 15 is 0 Å². The number of anilines is 1. The summed E-state index contributed by atoms with van der Waals surface area (Å²) in [5, 5.41) is 10.9. The zero-order valence-electron chi connectivity index (χ0n) is 17.9. The Morgan fingerprint density at radius 3 is 2.60 bits per heavy atom. The third-order valence-electron chi connectivity index (χ3n) is 5.68. The van der Waals surface area contributed by atoms with E-state index in [0.717, 1.165) is 61.0 Å². The van der Waals surface area contributed by atoms with Gasteiger partial charge in [0, 0.05) is 44.8 Å². The van der Waals surface area contributed by atoms with E-state index in [1.165, 1.54) is 5.56 Å². The molecule has 1 saturated heterocycles. The minimum Gasteiger partial charge on any atom is -0.490 e. The van der Waals surface area contributed by atoms with E-state index in [1.54, 1.807) is 0 Å². The first-order valence-electron chi connectivity index (χ1n) is 10.6. The van der Waals surface area contributed by atoms with Gasteiger partial charge in [-0.3, -0.25) is 10.00 Å². The maximum atomic E-state index is 6.12. The molecule has 4 rings (SSSR count). The maximum Gasteiger partial charge on any atom is 0.142 e. The number of nitrogens with zero attached hydrogens (tertiary/aromatic N) is 3. The summed E-state index contributed by atoms with van der Waals surface area (Å²) >= 11 is 0. The van der Waals surface area contributed by atoms with Gasteiger partial charge in [-0.05, 0) is 31.7 Å². The molecule has 2 heterocycles. The molecule has 0 amide bonds. The highest BCUT2D eigenvalue weighted by molar-refractivity contribution is 5.64. The van der Waals surface area contributed by atoms with Crippen LogP contribution in [0.3, 0.4) is 0 Å². The second-order valence-electron chi connectivity index (χ2n) is 7.98. The smallest absolute Gasteiger partial charge is 0.142 e. The molecular weight excluding hydrogens is 374 g/mol. The highest BCUT2D eigenvalue weighted by Gasteiger charge is 2.14. The molecule has 158 valence electrons. The first-order chi connectivity index (χ1) is 14.7. The molecule has 0 saturated carbocycles. The number of H-pyrrole nitrogens is 1.